The number of rotatable bonds is 5. The molecule has 1 heterocycles. The molecule has 0 unspecified atom stereocenters. The molecule has 2 rings (SSSR count). The summed E-state index contributed by atoms with van der Waals surface area (Å²) < 4.78 is 44.6. The zero-order valence-corrected chi connectivity index (χ0v) is 16.4. The number of aromatic nitrogens is 1. The van der Waals surface area contributed by atoms with Crippen molar-refractivity contribution in [1.82, 2.24) is 9.88 Å². The van der Waals surface area contributed by atoms with Gasteiger partial charge in [0.25, 0.3) is 0 Å². The molecule has 26 heavy (non-hydrogen) atoms. The maximum absolute atomic E-state index is 13.0. The Hall–Kier alpha value is -2.09. The van der Waals surface area contributed by atoms with Gasteiger partial charge < -0.3 is 9.64 Å². The Bertz CT molecular complexity index is 822. The fourth-order valence-corrected chi connectivity index (χ4v) is 2.51. The molecule has 0 saturated heterocycles. The average Bonchev–Trinajstić information content (AvgIpc) is 2.56. The Morgan fingerprint density at radius 1 is 1.27 bits per heavy atom. The third-order valence-electron chi connectivity index (χ3n) is 3.68. The van der Waals surface area contributed by atoms with Crippen LogP contribution in [0.15, 0.2) is 33.7 Å². The van der Waals surface area contributed by atoms with Gasteiger partial charge in [-0.2, -0.15) is 13.2 Å². The van der Waals surface area contributed by atoms with E-state index in [1.54, 1.807) is 26.3 Å². The Balaban J connectivity index is 2.31. The first-order chi connectivity index (χ1) is 12.1. The molecule has 140 valence electrons. The first-order valence-corrected chi connectivity index (χ1v) is 8.68. The van der Waals surface area contributed by atoms with Gasteiger partial charge in [0.15, 0.2) is 0 Å². The standard InChI is InChI=1S/C18H19BrF3N3O/c1-5-25(4)10-23-16-8-11(2)17(24-12(16)3)26-13-6-7-15(19)14(9-13)18(20,21)22/h6-10H,5H2,1-4H3. The second kappa shape index (κ2) is 8.07. The lowest BCUT2D eigenvalue weighted by Crippen LogP contribution is -2.14. The maximum atomic E-state index is 13.0. The van der Waals surface area contributed by atoms with Crippen LogP contribution in [-0.4, -0.2) is 29.8 Å². The van der Waals surface area contributed by atoms with E-state index < -0.39 is 11.7 Å². The van der Waals surface area contributed by atoms with Gasteiger partial charge in [-0.1, -0.05) is 15.9 Å². The minimum absolute atomic E-state index is 0.0389. The van der Waals surface area contributed by atoms with Crippen LogP contribution in [0.25, 0.3) is 0 Å². The van der Waals surface area contributed by atoms with Gasteiger partial charge in [0.1, 0.15) is 5.75 Å². The quantitative estimate of drug-likeness (QED) is 0.439. The normalized spacial score (nSPS) is 11.8. The molecule has 0 aliphatic rings. The van der Waals surface area contributed by atoms with Crippen molar-refractivity contribution in [3.63, 3.8) is 0 Å². The van der Waals surface area contributed by atoms with Crippen molar-refractivity contribution in [1.29, 1.82) is 0 Å². The topological polar surface area (TPSA) is 37.7 Å². The average molecular weight is 430 g/mol. The molecule has 0 spiro atoms. The van der Waals surface area contributed by atoms with Crippen molar-refractivity contribution >= 4 is 28.0 Å². The minimum atomic E-state index is -4.47. The lowest BCUT2D eigenvalue weighted by atomic mass is 10.2. The Labute approximate surface area is 158 Å². The van der Waals surface area contributed by atoms with Gasteiger partial charge in [0.2, 0.25) is 5.88 Å². The van der Waals surface area contributed by atoms with Crippen LogP contribution >= 0.6 is 15.9 Å². The Kier molecular flexibility index (Phi) is 6.28. The fraction of sp³-hybridized carbons (Fsp3) is 0.333. The summed E-state index contributed by atoms with van der Waals surface area (Å²) in [4.78, 5) is 10.6. The van der Waals surface area contributed by atoms with E-state index >= 15 is 0 Å². The van der Waals surface area contributed by atoms with Crippen molar-refractivity contribution < 1.29 is 17.9 Å². The third kappa shape index (κ3) is 4.97. The summed E-state index contributed by atoms with van der Waals surface area (Å²) in [6, 6.07) is 5.50. The second-order valence-electron chi connectivity index (χ2n) is 5.77. The minimum Gasteiger partial charge on any atom is -0.439 e. The van der Waals surface area contributed by atoms with Crippen LogP contribution in [0.2, 0.25) is 0 Å². The number of aryl methyl sites for hydroxylation is 2. The van der Waals surface area contributed by atoms with Gasteiger partial charge in [-0.25, -0.2) is 9.98 Å². The largest absolute Gasteiger partial charge is 0.439 e. The van der Waals surface area contributed by atoms with Crippen LogP contribution in [0.1, 0.15) is 23.7 Å². The van der Waals surface area contributed by atoms with Crippen LogP contribution in [0, 0.1) is 13.8 Å². The zero-order chi connectivity index (χ0) is 19.5. The SMILES string of the molecule is CCN(C)C=Nc1cc(C)c(Oc2ccc(Br)c(C(F)(F)F)c2)nc1C. The molecule has 0 aliphatic carbocycles. The maximum Gasteiger partial charge on any atom is 0.417 e. The molecule has 2 aromatic rings. The van der Waals surface area contributed by atoms with E-state index in [9.17, 15) is 13.2 Å². The van der Waals surface area contributed by atoms with Crippen molar-refractivity contribution in [3.8, 4) is 11.6 Å². The number of alkyl halides is 3. The zero-order valence-electron chi connectivity index (χ0n) is 14.9. The summed E-state index contributed by atoms with van der Waals surface area (Å²) in [6.45, 7) is 6.37. The summed E-state index contributed by atoms with van der Waals surface area (Å²) in [5, 5.41) is 0. The van der Waals surface area contributed by atoms with E-state index in [0.717, 1.165) is 12.6 Å². The molecule has 0 radical (unpaired) electrons. The third-order valence-corrected chi connectivity index (χ3v) is 4.37. The van der Waals surface area contributed by atoms with E-state index in [4.69, 9.17) is 4.74 Å². The lowest BCUT2D eigenvalue weighted by Gasteiger charge is -2.14. The highest BCUT2D eigenvalue weighted by Crippen LogP contribution is 2.38. The summed E-state index contributed by atoms with van der Waals surface area (Å²) >= 11 is 2.91. The second-order valence-corrected chi connectivity index (χ2v) is 6.63. The predicted molar refractivity (Wildman–Crippen MR) is 99.4 cm³/mol. The molecule has 0 amide bonds. The molecule has 1 aromatic heterocycles. The highest BCUT2D eigenvalue weighted by molar-refractivity contribution is 9.10. The van der Waals surface area contributed by atoms with E-state index in [-0.39, 0.29) is 16.1 Å². The monoisotopic (exact) mass is 429 g/mol. The predicted octanol–water partition coefficient (Wildman–Crippen LogP) is 5.88. The van der Waals surface area contributed by atoms with Crippen LogP contribution < -0.4 is 4.74 Å². The molecule has 0 saturated carbocycles. The fourth-order valence-electron chi connectivity index (χ4n) is 2.04. The smallest absolute Gasteiger partial charge is 0.417 e. The van der Waals surface area contributed by atoms with Gasteiger partial charge in [0, 0.05) is 23.6 Å². The van der Waals surface area contributed by atoms with Gasteiger partial charge in [-0.15, -0.1) is 0 Å². The molecule has 0 N–H and O–H groups in total. The number of benzene rings is 1. The number of halogens is 4. The number of aliphatic imine (C=N–C) groups is 1. The number of hydrogen-bond acceptors (Lipinski definition) is 3. The molecule has 0 fully saturated rings. The molecular weight excluding hydrogens is 411 g/mol. The first-order valence-electron chi connectivity index (χ1n) is 7.89. The van der Waals surface area contributed by atoms with Crippen molar-refractivity contribution in [2.75, 3.05) is 13.6 Å². The summed E-state index contributed by atoms with van der Waals surface area (Å²) in [7, 11) is 1.91. The summed E-state index contributed by atoms with van der Waals surface area (Å²) in [6.07, 6.45) is -2.77. The molecule has 8 heteroatoms. The highest BCUT2D eigenvalue weighted by Gasteiger charge is 2.33. The van der Waals surface area contributed by atoms with Crippen LogP contribution in [0.3, 0.4) is 0 Å². The van der Waals surface area contributed by atoms with Gasteiger partial charge in [-0.05, 0) is 45.0 Å². The number of nitrogens with zero attached hydrogens (tertiary/aromatic N) is 3. The summed E-state index contributed by atoms with van der Waals surface area (Å²) in [5.74, 6) is 0.318. The molecule has 1 aromatic carbocycles. The van der Waals surface area contributed by atoms with Crippen LogP contribution in [-0.2, 0) is 6.18 Å². The van der Waals surface area contributed by atoms with E-state index in [1.807, 2.05) is 18.9 Å². The van der Waals surface area contributed by atoms with Gasteiger partial charge in [0.05, 0.1) is 23.3 Å². The molecular formula is C18H19BrF3N3O. The van der Waals surface area contributed by atoms with E-state index in [1.165, 1.54) is 12.1 Å². The summed E-state index contributed by atoms with van der Waals surface area (Å²) in [5.41, 5.74) is 1.19. The molecule has 0 bridgehead atoms. The molecule has 0 aliphatic heterocycles. The van der Waals surface area contributed by atoms with Crippen LogP contribution in [0.4, 0.5) is 18.9 Å². The highest BCUT2D eigenvalue weighted by atomic mass is 79.9. The lowest BCUT2D eigenvalue weighted by molar-refractivity contribution is -0.138. The number of ether oxygens (including phenoxy) is 1. The van der Waals surface area contributed by atoms with E-state index in [2.05, 4.69) is 25.9 Å². The van der Waals surface area contributed by atoms with Gasteiger partial charge >= 0.3 is 6.18 Å². The van der Waals surface area contributed by atoms with Crippen LogP contribution in [0.5, 0.6) is 11.6 Å². The number of pyridine rings is 1. The first kappa shape index (κ1) is 20.2. The van der Waals surface area contributed by atoms with Crippen molar-refractivity contribution in [2.45, 2.75) is 26.9 Å². The Morgan fingerprint density at radius 2 is 1.96 bits per heavy atom. The number of hydrogen-bond donors (Lipinski definition) is 0. The van der Waals surface area contributed by atoms with Gasteiger partial charge in [-0.3, -0.25) is 0 Å². The van der Waals surface area contributed by atoms with Crippen molar-refractivity contribution in [3.05, 3.63) is 45.6 Å². The van der Waals surface area contributed by atoms with E-state index in [0.29, 0.717) is 16.9 Å². The molecule has 4 nitrogen and oxygen atoms in total. The molecule has 0 atom stereocenters. The van der Waals surface area contributed by atoms with Crippen molar-refractivity contribution in [2.24, 2.45) is 4.99 Å². The Morgan fingerprint density at radius 3 is 2.58 bits per heavy atom.